The van der Waals surface area contributed by atoms with Gasteiger partial charge in [0.1, 0.15) is 11.6 Å². The molecule has 0 radical (unpaired) electrons. The minimum Gasteiger partial charge on any atom is -0.262 e. The van der Waals surface area contributed by atoms with Crippen molar-refractivity contribution < 1.29 is 17.0 Å². The summed E-state index contributed by atoms with van der Waals surface area (Å²) in [5.41, 5.74) is 0. The van der Waals surface area contributed by atoms with Gasteiger partial charge in [-0.1, -0.05) is 0 Å². The van der Waals surface area contributed by atoms with E-state index in [9.17, 15) is 12.8 Å². The number of rotatable bonds is 1. The maximum Gasteiger partial charge on any atom is 0.295 e. The highest BCUT2D eigenvalue weighted by Gasteiger charge is 2.22. The van der Waals surface area contributed by atoms with Crippen molar-refractivity contribution >= 4 is 10.1 Å². The Bertz CT molecular complexity index is 228. The van der Waals surface area contributed by atoms with Gasteiger partial charge in [0.15, 0.2) is 0 Å². The van der Waals surface area contributed by atoms with Crippen LogP contribution in [0.4, 0.5) is 4.39 Å². The Hall–Kier alpha value is -0.420. The van der Waals surface area contributed by atoms with E-state index in [4.69, 9.17) is 0 Å². The van der Waals surface area contributed by atoms with Gasteiger partial charge in [0.2, 0.25) is 0 Å². The van der Waals surface area contributed by atoms with Crippen molar-refractivity contribution in [2.75, 3.05) is 13.3 Å². The molecule has 0 saturated carbocycles. The van der Waals surface area contributed by atoms with Gasteiger partial charge in [-0.05, 0) is 6.08 Å². The fourth-order valence-corrected chi connectivity index (χ4v) is 1.32. The van der Waals surface area contributed by atoms with E-state index in [-0.39, 0.29) is 11.5 Å². The number of halogens is 1. The van der Waals surface area contributed by atoms with Crippen LogP contribution in [0, 0.1) is 0 Å². The lowest BCUT2D eigenvalue weighted by Gasteiger charge is -1.92. The van der Waals surface area contributed by atoms with Crippen LogP contribution in [0.2, 0.25) is 0 Å². The van der Waals surface area contributed by atoms with Crippen LogP contribution in [0.15, 0.2) is 11.0 Å². The van der Waals surface area contributed by atoms with Gasteiger partial charge in [-0.3, -0.25) is 4.18 Å². The number of hydrogen-bond donors (Lipinski definition) is 0. The first-order valence-corrected chi connectivity index (χ1v) is 3.72. The summed E-state index contributed by atoms with van der Waals surface area (Å²) >= 11 is 0. The summed E-state index contributed by atoms with van der Waals surface area (Å²) < 4.78 is 36.8. The van der Waals surface area contributed by atoms with Crippen molar-refractivity contribution in [2.24, 2.45) is 0 Å². The molecule has 0 amide bonds. The zero-order valence-corrected chi connectivity index (χ0v) is 5.32. The van der Waals surface area contributed by atoms with E-state index in [2.05, 4.69) is 4.18 Å². The van der Waals surface area contributed by atoms with Crippen molar-refractivity contribution in [3.63, 3.8) is 0 Å². The van der Waals surface area contributed by atoms with Crippen LogP contribution in [0.1, 0.15) is 0 Å². The molecule has 1 rings (SSSR count). The first-order chi connectivity index (χ1) is 4.17. The van der Waals surface area contributed by atoms with E-state index in [1.54, 1.807) is 0 Å². The number of hydrogen-bond acceptors (Lipinski definition) is 3. The third kappa shape index (κ3) is 1.11. The van der Waals surface area contributed by atoms with Gasteiger partial charge < -0.3 is 0 Å². The SMILES string of the molecule is O=S1(=O)OCC=C1CF. The maximum absolute atomic E-state index is 11.7. The zero-order valence-electron chi connectivity index (χ0n) is 4.50. The zero-order chi connectivity index (χ0) is 6.91. The van der Waals surface area contributed by atoms with Crippen LogP contribution in [0.25, 0.3) is 0 Å². The molecule has 0 aromatic rings. The normalized spacial score (nSPS) is 23.9. The third-order valence-electron chi connectivity index (χ3n) is 0.987. The highest BCUT2D eigenvalue weighted by molar-refractivity contribution is 7.91. The monoisotopic (exact) mass is 152 g/mol. The van der Waals surface area contributed by atoms with Gasteiger partial charge in [-0.25, -0.2) is 4.39 Å². The molecule has 3 nitrogen and oxygen atoms in total. The third-order valence-corrected chi connectivity index (χ3v) is 2.35. The van der Waals surface area contributed by atoms with Crippen molar-refractivity contribution in [1.29, 1.82) is 0 Å². The van der Waals surface area contributed by atoms with Gasteiger partial charge in [0.05, 0.1) is 6.61 Å². The average molecular weight is 152 g/mol. The molecule has 0 aromatic heterocycles. The summed E-state index contributed by atoms with van der Waals surface area (Å²) in [4.78, 5) is -0.262. The van der Waals surface area contributed by atoms with Gasteiger partial charge in [0.25, 0.3) is 10.1 Å². The van der Waals surface area contributed by atoms with Crippen molar-refractivity contribution in [3.8, 4) is 0 Å². The topological polar surface area (TPSA) is 43.4 Å². The van der Waals surface area contributed by atoms with Gasteiger partial charge in [-0.15, -0.1) is 0 Å². The number of alkyl halides is 1. The molecule has 1 heterocycles. The Kier molecular flexibility index (Phi) is 1.54. The maximum atomic E-state index is 11.7. The van der Waals surface area contributed by atoms with E-state index in [0.717, 1.165) is 0 Å². The van der Waals surface area contributed by atoms with E-state index in [0.29, 0.717) is 0 Å². The summed E-state index contributed by atoms with van der Waals surface area (Å²) in [6.45, 7) is -0.996. The van der Waals surface area contributed by atoms with Crippen molar-refractivity contribution in [1.82, 2.24) is 0 Å². The van der Waals surface area contributed by atoms with E-state index >= 15 is 0 Å². The molecule has 1 aliphatic rings. The average Bonchev–Trinajstić information content (AvgIpc) is 2.08. The lowest BCUT2D eigenvalue weighted by molar-refractivity contribution is 0.373. The number of allylic oxidation sites excluding steroid dienone is 1. The van der Waals surface area contributed by atoms with Crippen molar-refractivity contribution in [2.45, 2.75) is 0 Å². The van der Waals surface area contributed by atoms with Crippen molar-refractivity contribution in [3.05, 3.63) is 11.0 Å². The van der Waals surface area contributed by atoms with Crippen LogP contribution >= 0.6 is 0 Å². The molecule has 5 heteroatoms. The summed E-state index contributed by atoms with van der Waals surface area (Å²) in [6, 6.07) is 0. The summed E-state index contributed by atoms with van der Waals surface area (Å²) in [7, 11) is -3.65. The van der Waals surface area contributed by atoms with Crippen LogP contribution in [0.3, 0.4) is 0 Å². The Morgan fingerprint density at radius 1 is 1.78 bits per heavy atom. The Morgan fingerprint density at radius 2 is 2.44 bits per heavy atom. The molecule has 0 fully saturated rings. The Balaban J connectivity index is 2.95. The lowest BCUT2D eigenvalue weighted by Crippen LogP contribution is -2.01. The predicted molar refractivity (Wildman–Crippen MR) is 28.9 cm³/mol. The smallest absolute Gasteiger partial charge is 0.262 e. The Labute approximate surface area is 52.3 Å². The highest BCUT2D eigenvalue weighted by atomic mass is 32.2. The van der Waals surface area contributed by atoms with E-state index in [1.165, 1.54) is 6.08 Å². The predicted octanol–water partition coefficient (Wildman–Crippen LogP) is 0.200. The molecular weight excluding hydrogens is 147 g/mol. The van der Waals surface area contributed by atoms with Crippen LogP contribution in [0.5, 0.6) is 0 Å². The second-order valence-electron chi connectivity index (χ2n) is 1.54. The van der Waals surface area contributed by atoms with E-state index < -0.39 is 16.8 Å². The van der Waals surface area contributed by atoms with Gasteiger partial charge in [-0.2, -0.15) is 8.42 Å². The molecule has 52 valence electrons. The first kappa shape index (κ1) is 6.70. The summed E-state index contributed by atoms with van der Waals surface area (Å²) in [5, 5.41) is 0. The lowest BCUT2D eigenvalue weighted by atomic mass is 10.5. The molecule has 0 saturated heterocycles. The van der Waals surface area contributed by atoms with Crippen LogP contribution < -0.4 is 0 Å². The highest BCUT2D eigenvalue weighted by Crippen LogP contribution is 2.15. The summed E-state index contributed by atoms with van der Waals surface area (Å²) in [5.74, 6) is 0. The quantitative estimate of drug-likeness (QED) is 0.504. The van der Waals surface area contributed by atoms with Crippen LogP contribution in [-0.4, -0.2) is 21.7 Å². The summed E-state index contributed by atoms with van der Waals surface area (Å²) in [6.07, 6.45) is 1.22. The minimum absolute atomic E-state index is 0.0262. The molecule has 0 aromatic carbocycles. The van der Waals surface area contributed by atoms with Gasteiger partial charge >= 0.3 is 0 Å². The molecule has 0 bridgehead atoms. The molecule has 9 heavy (non-hydrogen) atoms. The van der Waals surface area contributed by atoms with E-state index in [1.807, 2.05) is 0 Å². The fraction of sp³-hybridized carbons (Fsp3) is 0.500. The molecule has 0 aliphatic carbocycles. The minimum atomic E-state index is -3.65. The molecule has 0 unspecified atom stereocenters. The standard InChI is InChI=1S/C4H5FO3S/c5-3-4-1-2-8-9(4,6)7/h1H,2-3H2. The van der Waals surface area contributed by atoms with Crippen LogP contribution in [-0.2, 0) is 14.3 Å². The molecular formula is C4H5FO3S. The first-order valence-electron chi connectivity index (χ1n) is 2.31. The molecule has 0 N–H and O–H groups in total. The molecule has 1 aliphatic heterocycles. The van der Waals surface area contributed by atoms with Gasteiger partial charge in [0, 0.05) is 0 Å². The second-order valence-corrected chi connectivity index (χ2v) is 3.21. The fourth-order valence-electron chi connectivity index (χ4n) is 0.516. The Morgan fingerprint density at radius 3 is 2.67 bits per heavy atom. The largest absolute Gasteiger partial charge is 0.295 e. The second kappa shape index (κ2) is 2.07. The molecule has 0 atom stereocenters. The molecule has 0 spiro atoms.